The van der Waals surface area contributed by atoms with Gasteiger partial charge in [-0.1, -0.05) is 29.4 Å². The van der Waals surface area contributed by atoms with Crippen LogP contribution in [0.5, 0.6) is 0 Å². The minimum Gasteiger partial charge on any atom is -0.367 e. The largest absolute Gasteiger partial charge is 0.416 e. The lowest BCUT2D eigenvalue weighted by atomic mass is 10.0. The highest BCUT2D eigenvalue weighted by Crippen LogP contribution is 2.34. The summed E-state index contributed by atoms with van der Waals surface area (Å²) < 4.78 is 58.2. The third-order valence-corrected chi connectivity index (χ3v) is 5.16. The SMILES string of the molecule is Nc1onc(-c2cccc(C(F)(F)F)c2)c1C(=O)N1CCN(c2ccccc2F)CC1. The Kier molecular flexibility index (Phi) is 5.30. The number of nitrogen functional groups attached to an aromatic ring is 1. The molecule has 162 valence electrons. The van der Waals surface area contributed by atoms with Gasteiger partial charge in [-0.25, -0.2) is 4.39 Å². The first kappa shape index (κ1) is 20.7. The topological polar surface area (TPSA) is 75.6 Å². The summed E-state index contributed by atoms with van der Waals surface area (Å²) in [5.41, 5.74) is 5.30. The van der Waals surface area contributed by atoms with Crippen molar-refractivity contribution >= 4 is 17.5 Å². The normalized spacial score (nSPS) is 14.7. The molecule has 1 amide bonds. The predicted octanol–water partition coefficient (Wildman–Crippen LogP) is 4.04. The number of nitrogens with two attached hydrogens (primary N) is 1. The number of carbonyl (C=O) groups excluding carboxylic acids is 1. The van der Waals surface area contributed by atoms with Crippen LogP contribution in [0, 0.1) is 5.82 Å². The number of alkyl halides is 3. The molecule has 3 aromatic rings. The minimum atomic E-state index is -4.54. The highest BCUT2D eigenvalue weighted by atomic mass is 19.4. The summed E-state index contributed by atoms with van der Waals surface area (Å²) in [7, 11) is 0. The number of amides is 1. The van der Waals surface area contributed by atoms with E-state index in [1.165, 1.54) is 23.1 Å². The van der Waals surface area contributed by atoms with Crippen molar-refractivity contribution < 1.29 is 26.9 Å². The van der Waals surface area contributed by atoms with Crippen LogP contribution in [0.15, 0.2) is 53.1 Å². The molecule has 4 rings (SSSR count). The van der Waals surface area contributed by atoms with E-state index in [4.69, 9.17) is 10.3 Å². The maximum atomic E-state index is 14.0. The predicted molar refractivity (Wildman–Crippen MR) is 106 cm³/mol. The summed E-state index contributed by atoms with van der Waals surface area (Å²) in [4.78, 5) is 16.4. The summed E-state index contributed by atoms with van der Waals surface area (Å²) >= 11 is 0. The molecule has 10 heteroatoms. The quantitative estimate of drug-likeness (QED) is 0.630. The second-order valence-corrected chi connectivity index (χ2v) is 7.08. The Morgan fingerprint density at radius 1 is 1.03 bits per heavy atom. The Morgan fingerprint density at radius 3 is 2.42 bits per heavy atom. The Labute approximate surface area is 174 Å². The van der Waals surface area contributed by atoms with Crippen LogP contribution in [0.25, 0.3) is 11.3 Å². The van der Waals surface area contributed by atoms with Crippen molar-refractivity contribution in [1.29, 1.82) is 0 Å². The number of benzene rings is 2. The molecule has 2 aromatic carbocycles. The maximum Gasteiger partial charge on any atom is 0.416 e. The summed E-state index contributed by atoms with van der Waals surface area (Å²) in [6.07, 6.45) is -4.54. The van der Waals surface area contributed by atoms with Gasteiger partial charge in [0.1, 0.15) is 17.1 Å². The van der Waals surface area contributed by atoms with E-state index < -0.39 is 17.6 Å². The molecular formula is C21H18F4N4O2. The molecule has 1 aliphatic rings. The zero-order chi connectivity index (χ0) is 22.2. The van der Waals surface area contributed by atoms with Gasteiger partial charge in [0.15, 0.2) is 0 Å². The van der Waals surface area contributed by atoms with Crippen molar-refractivity contribution in [3.05, 3.63) is 65.5 Å². The highest BCUT2D eigenvalue weighted by Gasteiger charge is 2.33. The summed E-state index contributed by atoms with van der Waals surface area (Å²) in [5.74, 6) is -1.12. The molecule has 1 fully saturated rings. The zero-order valence-corrected chi connectivity index (χ0v) is 16.2. The Bertz CT molecular complexity index is 1100. The van der Waals surface area contributed by atoms with Gasteiger partial charge in [0.2, 0.25) is 5.88 Å². The maximum absolute atomic E-state index is 14.0. The fraction of sp³-hybridized carbons (Fsp3) is 0.238. The first-order valence-electron chi connectivity index (χ1n) is 9.47. The zero-order valence-electron chi connectivity index (χ0n) is 16.2. The molecule has 1 aromatic heterocycles. The molecular weight excluding hydrogens is 416 g/mol. The first-order chi connectivity index (χ1) is 14.8. The lowest BCUT2D eigenvalue weighted by Gasteiger charge is -2.36. The van der Waals surface area contributed by atoms with E-state index in [-0.39, 0.29) is 41.6 Å². The van der Waals surface area contributed by atoms with Gasteiger partial charge in [-0.15, -0.1) is 0 Å². The number of halogens is 4. The molecule has 2 heterocycles. The average Bonchev–Trinajstić information content (AvgIpc) is 3.14. The second-order valence-electron chi connectivity index (χ2n) is 7.08. The number of piperazine rings is 1. The minimum absolute atomic E-state index is 0.0508. The summed E-state index contributed by atoms with van der Waals surface area (Å²) in [6, 6.07) is 10.8. The fourth-order valence-electron chi connectivity index (χ4n) is 3.57. The number of aromatic nitrogens is 1. The summed E-state index contributed by atoms with van der Waals surface area (Å²) in [5, 5.41) is 3.72. The third kappa shape index (κ3) is 4.05. The van der Waals surface area contributed by atoms with E-state index in [1.54, 1.807) is 18.2 Å². The molecule has 1 saturated heterocycles. The lowest BCUT2D eigenvalue weighted by molar-refractivity contribution is -0.137. The van der Waals surface area contributed by atoms with Gasteiger partial charge in [-0.3, -0.25) is 4.79 Å². The van der Waals surface area contributed by atoms with Gasteiger partial charge in [-0.05, 0) is 24.3 Å². The number of carbonyl (C=O) groups is 1. The van der Waals surface area contributed by atoms with Crippen LogP contribution in [0.1, 0.15) is 15.9 Å². The van der Waals surface area contributed by atoms with Crippen LogP contribution in [0.2, 0.25) is 0 Å². The van der Waals surface area contributed by atoms with E-state index in [0.717, 1.165) is 12.1 Å². The average molecular weight is 434 g/mol. The van der Waals surface area contributed by atoms with E-state index in [0.29, 0.717) is 18.8 Å². The number of hydrogen-bond donors (Lipinski definition) is 1. The Balaban J connectivity index is 1.56. The van der Waals surface area contributed by atoms with E-state index in [1.807, 2.05) is 4.90 Å². The number of anilines is 2. The fourth-order valence-corrected chi connectivity index (χ4v) is 3.57. The van der Waals surface area contributed by atoms with Crippen molar-refractivity contribution in [2.75, 3.05) is 36.8 Å². The lowest BCUT2D eigenvalue weighted by Crippen LogP contribution is -2.49. The van der Waals surface area contributed by atoms with Crippen molar-refractivity contribution in [3.8, 4) is 11.3 Å². The van der Waals surface area contributed by atoms with Gasteiger partial charge in [0.25, 0.3) is 5.91 Å². The molecule has 0 aliphatic carbocycles. The van der Waals surface area contributed by atoms with Crippen LogP contribution in [0.4, 0.5) is 29.1 Å². The van der Waals surface area contributed by atoms with E-state index in [9.17, 15) is 22.4 Å². The molecule has 0 radical (unpaired) electrons. The van der Waals surface area contributed by atoms with Crippen molar-refractivity contribution in [3.63, 3.8) is 0 Å². The van der Waals surface area contributed by atoms with Crippen LogP contribution < -0.4 is 10.6 Å². The van der Waals surface area contributed by atoms with Crippen molar-refractivity contribution in [2.45, 2.75) is 6.18 Å². The van der Waals surface area contributed by atoms with Crippen LogP contribution in [0.3, 0.4) is 0 Å². The van der Waals surface area contributed by atoms with Crippen molar-refractivity contribution in [1.82, 2.24) is 10.1 Å². The van der Waals surface area contributed by atoms with E-state index in [2.05, 4.69) is 5.16 Å². The smallest absolute Gasteiger partial charge is 0.367 e. The number of hydrogen-bond acceptors (Lipinski definition) is 5. The van der Waals surface area contributed by atoms with Crippen LogP contribution in [-0.2, 0) is 6.18 Å². The summed E-state index contributed by atoms with van der Waals surface area (Å²) in [6.45, 7) is 1.33. The Hall–Kier alpha value is -3.56. The number of rotatable bonds is 3. The molecule has 0 bridgehead atoms. The van der Waals surface area contributed by atoms with E-state index >= 15 is 0 Å². The molecule has 0 atom stereocenters. The van der Waals surface area contributed by atoms with Gasteiger partial charge >= 0.3 is 6.18 Å². The Morgan fingerprint density at radius 2 is 1.74 bits per heavy atom. The monoisotopic (exact) mass is 434 g/mol. The molecule has 6 nitrogen and oxygen atoms in total. The van der Waals surface area contributed by atoms with Crippen LogP contribution >= 0.6 is 0 Å². The first-order valence-corrected chi connectivity index (χ1v) is 9.47. The van der Waals surface area contributed by atoms with Gasteiger partial charge in [0, 0.05) is 31.7 Å². The van der Waals surface area contributed by atoms with Gasteiger partial charge < -0.3 is 20.1 Å². The third-order valence-electron chi connectivity index (χ3n) is 5.16. The second kappa shape index (κ2) is 7.93. The molecule has 2 N–H and O–H groups in total. The van der Waals surface area contributed by atoms with Crippen molar-refractivity contribution in [2.24, 2.45) is 0 Å². The van der Waals surface area contributed by atoms with Crippen LogP contribution in [-0.4, -0.2) is 42.1 Å². The number of nitrogens with zero attached hydrogens (tertiary/aromatic N) is 3. The molecule has 0 spiro atoms. The molecule has 31 heavy (non-hydrogen) atoms. The standard InChI is InChI=1S/C21H18F4N4O2/c22-15-6-1-2-7-16(15)28-8-10-29(11-9-28)20(30)17-18(27-31-19(17)26)13-4-3-5-14(12-13)21(23,24)25/h1-7,12H,8-11,26H2. The highest BCUT2D eigenvalue weighted by molar-refractivity contribution is 6.03. The van der Waals surface area contributed by atoms with Gasteiger partial charge in [0.05, 0.1) is 11.3 Å². The van der Waals surface area contributed by atoms with Gasteiger partial charge in [-0.2, -0.15) is 13.2 Å². The molecule has 1 aliphatic heterocycles. The number of para-hydroxylation sites is 1. The molecule has 0 saturated carbocycles. The molecule has 0 unspecified atom stereocenters.